The molecule has 1 fully saturated rings. The number of nitrogens with zero attached hydrogens (tertiary/aromatic N) is 2. The molecule has 0 spiro atoms. The fourth-order valence-electron chi connectivity index (χ4n) is 3.97. The van der Waals surface area contributed by atoms with E-state index in [-0.39, 0.29) is 11.8 Å². The number of ether oxygens (including phenoxy) is 1. The van der Waals surface area contributed by atoms with Crippen LogP contribution in [0.25, 0.3) is 11.1 Å². The Morgan fingerprint density at radius 3 is 2.60 bits per heavy atom. The zero-order valence-corrected chi connectivity index (χ0v) is 20.8. The Balaban J connectivity index is 1.54. The Labute approximate surface area is 207 Å². The van der Waals surface area contributed by atoms with Crippen molar-refractivity contribution in [2.75, 3.05) is 30.8 Å². The van der Waals surface area contributed by atoms with Crippen LogP contribution in [0.2, 0.25) is 0 Å². The summed E-state index contributed by atoms with van der Waals surface area (Å²) in [7, 11) is 1.59. The number of rotatable bonds is 5. The maximum atomic E-state index is 13.4. The van der Waals surface area contributed by atoms with E-state index in [1.807, 2.05) is 25.1 Å². The van der Waals surface area contributed by atoms with Crippen molar-refractivity contribution in [3.63, 3.8) is 0 Å². The van der Waals surface area contributed by atoms with Gasteiger partial charge in [-0.1, -0.05) is 0 Å². The monoisotopic (exact) mass is 493 g/mol. The highest BCUT2D eigenvalue weighted by Gasteiger charge is 2.41. The van der Waals surface area contributed by atoms with Gasteiger partial charge in [0.1, 0.15) is 16.3 Å². The number of urea groups is 1. The highest BCUT2D eigenvalue weighted by molar-refractivity contribution is 7.16. The molecule has 0 bridgehead atoms. The van der Waals surface area contributed by atoms with E-state index in [9.17, 15) is 14.4 Å². The van der Waals surface area contributed by atoms with Gasteiger partial charge in [-0.25, -0.2) is 4.79 Å². The number of anilines is 2. The van der Waals surface area contributed by atoms with Crippen LogP contribution >= 0.6 is 11.3 Å². The van der Waals surface area contributed by atoms with Crippen LogP contribution in [0.1, 0.15) is 29.1 Å². The van der Waals surface area contributed by atoms with Gasteiger partial charge in [0.25, 0.3) is 5.91 Å². The minimum absolute atomic E-state index is 0.208. The molecule has 1 saturated heterocycles. The van der Waals surface area contributed by atoms with Gasteiger partial charge < -0.3 is 20.3 Å². The first-order chi connectivity index (χ1) is 16.7. The predicted octanol–water partition coefficient (Wildman–Crippen LogP) is 4.12. The van der Waals surface area contributed by atoms with E-state index in [1.54, 1.807) is 56.4 Å². The predicted molar refractivity (Wildman–Crippen MR) is 136 cm³/mol. The summed E-state index contributed by atoms with van der Waals surface area (Å²) in [6.45, 7) is 6.06. The molecular weight excluding hydrogens is 466 g/mol. The maximum absolute atomic E-state index is 13.4. The number of aryl methyl sites for hydroxylation is 1. The molecule has 10 heteroatoms. The molecule has 1 aromatic carbocycles. The van der Waals surface area contributed by atoms with Crippen molar-refractivity contribution < 1.29 is 19.1 Å². The molecule has 4 rings (SSSR count). The number of benzene rings is 1. The van der Waals surface area contributed by atoms with Gasteiger partial charge in [-0.2, -0.15) is 0 Å². The first-order valence-electron chi connectivity index (χ1n) is 11.1. The summed E-state index contributed by atoms with van der Waals surface area (Å²) in [5.41, 5.74) is 1.64. The van der Waals surface area contributed by atoms with Crippen LogP contribution in [0.4, 0.5) is 15.5 Å². The lowest BCUT2D eigenvalue weighted by Crippen LogP contribution is -2.63. The fourth-order valence-corrected chi connectivity index (χ4v) is 4.87. The lowest BCUT2D eigenvalue weighted by atomic mass is 9.98. The molecule has 182 valence electrons. The summed E-state index contributed by atoms with van der Waals surface area (Å²) in [4.78, 5) is 45.0. The molecule has 9 nitrogen and oxygen atoms in total. The number of amides is 4. The van der Waals surface area contributed by atoms with Crippen molar-refractivity contribution in [2.24, 2.45) is 0 Å². The molecule has 0 radical (unpaired) electrons. The molecule has 2 aromatic heterocycles. The van der Waals surface area contributed by atoms with Gasteiger partial charge >= 0.3 is 6.03 Å². The zero-order chi connectivity index (χ0) is 25.2. The molecule has 1 aliphatic heterocycles. The van der Waals surface area contributed by atoms with Gasteiger partial charge in [0.2, 0.25) is 5.91 Å². The molecule has 35 heavy (non-hydrogen) atoms. The third kappa shape index (κ3) is 4.97. The maximum Gasteiger partial charge on any atom is 0.324 e. The minimum atomic E-state index is -0.989. The first kappa shape index (κ1) is 24.2. The minimum Gasteiger partial charge on any atom is -0.496 e. The summed E-state index contributed by atoms with van der Waals surface area (Å²) < 4.78 is 5.46. The summed E-state index contributed by atoms with van der Waals surface area (Å²) in [6, 6.07) is 10.3. The molecule has 4 amide bonds. The van der Waals surface area contributed by atoms with E-state index in [2.05, 4.69) is 20.9 Å². The van der Waals surface area contributed by atoms with Gasteiger partial charge in [-0.15, -0.1) is 11.3 Å². The standard InChI is InChI=1S/C25H27N5O4S/c1-15-13-19(22(31)30-12-11-27-23(32)25(30,2)3)21(35-15)29-24(33)28-17-5-6-20(34-4)18(14-17)16-7-9-26-10-8-16/h5-10,13-14H,11-12H2,1-4H3,(H,27,32)(H2,28,29,33). The van der Waals surface area contributed by atoms with E-state index in [0.29, 0.717) is 35.1 Å². The molecule has 3 N–H and O–H groups in total. The third-order valence-electron chi connectivity index (χ3n) is 5.86. The van der Waals surface area contributed by atoms with E-state index in [4.69, 9.17) is 4.74 Å². The number of nitrogens with one attached hydrogen (secondary N) is 3. The Hall–Kier alpha value is -3.92. The highest BCUT2D eigenvalue weighted by atomic mass is 32.1. The molecule has 0 saturated carbocycles. The fraction of sp³-hybridized carbons (Fsp3) is 0.280. The molecule has 0 aliphatic carbocycles. The van der Waals surface area contributed by atoms with Crippen LogP contribution in [-0.2, 0) is 4.79 Å². The van der Waals surface area contributed by atoms with Crippen LogP contribution in [-0.4, -0.2) is 53.5 Å². The van der Waals surface area contributed by atoms with Gasteiger partial charge in [0.15, 0.2) is 0 Å². The van der Waals surface area contributed by atoms with Gasteiger partial charge in [-0.05, 0) is 62.7 Å². The number of aromatic nitrogens is 1. The molecule has 3 heterocycles. The van der Waals surface area contributed by atoms with Crippen molar-refractivity contribution >= 4 is 39.9 Å². The highest BCUT2D eigenvalue weighted by Crippen LogP contribution is 2.33. The van der Waals surface area contributed by atoms with Crippen molar-refractivity contribution in [1.82, 2.24) is 15.2 Å². The second-order valence-corrected chi connectivity index (χ2v) is 9.86. The number of carbonyl (C=O) groups excluding carboxylic acids is 3. The van der Waals surface area contributed by atoms with Crippen LogP contribution in [0, 0.1) is 6.92 Å². The van der Waals surface area contributed by atoms with Gasteiger partial charge in [0, 0.05) is 41.6 Å². The quantitative estimate of drug-likeness (QED) is 0.495. The summed E-state index contributed by atoms with van der Waals surface area (Å²) >= 11 is 1.31. The van der Waals surface area contributed by atoms with Crippen molar-refractivity contribution in [2.45, 2.75) is 26.3 Å². The molecular formula is C25H27N5O4S. The third-order valence-corrected chi connectivity index (χ3v) is 6.82. The number of piperazine rings is 1. The number of thiophene rings is 1. The summed E-state index contributed by atoms with van der Waals surface area (Å²) in [6.07, 6.45) is 3.37. The normalized spacial score (nSPS) is 14.7. The van der Waals surface area contributed by atoms with E-state index < -0.39 is 11.6 Å². The van der Waals surface area contributed by atoms with E-state index in [1.165, 1.54) is 11.3 Å². The Bertz CT molecular complexity index is 1270. The SMILES string of the molecule is COc1ccc(NC(=O)Nc2sc(C)cc2C(=O)N2CCNC(=O)C2(C)C)cc1-c1ccncc1. The average molecular weight is 494 g/mol. The number of methoxy groups -OCH3 is 1. The first-order valence-corrected chi connectivity index (χ1v) is 11.9. The van der Waals surface area contributed by atoms with Crippen molar-refractivity contribution in [3.05, 3.63) is 59.2 Å². The lowest BCUT2D eigenvalue weighted by Gasteiger charge is -2.41. The Morgan fingerprint density at radius 2 is 1.89 bits per heavy atom. The molecule has 3 aromatic rings. The van der Waals surface area contributed by atoms with Crippen molar-refractivity contribution in [3.8, 4) is 16.9 Å². The van der Waals surface area contributed by atoms with E-state index >= 15 is 0 Å². The summed E-state index contributed by atoms with van der Waals surface area (Å²) in [5.74, 6) is 0.159. The number of hydrogen-bond acceptors (Lipinski definition) is 6. The smallest absolute Gasteiger partial charge is 0.324 e. The number of hydrogen-bond donors (Lipinski definition) is 3. The van der Waals surface area contributed by atoms with Gasteiger partial charge in [0.05, 0.1) is 12.7 Å². The molecule has 1 aliphatic rings. The molecule has 0 atom stereocenters. The average Bonchev–Trinajstić information content (AvgIpc) is 3.20. The van der Waals surface area contributed by atoms with Crippen LogP contribution in [0.15, 0.2) is 48.8 Å². The van der Waals surface area contributed by atoms with E-state index in [0.717, 1.165) is 16.0 Å². The van der Waals surface area contributed by atoms with Crippen LogP contribution in [0.5, 0.6) is 5.75 Å². The summed E-state index contributed by atoms with van der Waals surface area (Å²) in [5, 5.41) is 8.85. The lowest BCUT2D eigenvalue weighted by molar-refractivity contribution is -0.133. The Morgan fingerprint density at radius 1 is 1.14 bits per heavy atom. The second kappa shape index (κ2) is 9.75. The van der Waals surface area contributed by atoms with Crippen molar-refractivity contribution in [1.29, 1.82) is 0 Å². The zero-order valence-electron chi connectivity index (χ0n) is 20.0. The topological polar surface area (TPSA) is 113 Å². The Kier molecular flexibility index (Phi) is 6.74. The van der Waals surface area contributed by atoms with Crippen LogP contribution < -0.4 is 20.7 Å². The second-order valence-electron chi connectivity index (χ2n) is 8.60. The number of pyridine rings is 1. The van der Waals surface area contributed by atoms with Crippen LogP contribution in [0.3, 0.4) is 0 Å². The molecule has 0 unspecified atom stereocenters. The largest absolute Gasteiger partial charge is 0.496 e. The van der Waals surface area contributed by atoms with Gasteiger partial charge in [-0.3, -0.25) is 19.9 Å². The number of carbonyl (C=O) groups is 3.